The van der Waals surface area contributed by atoms with E-state index in [-0.39, 0.29) is 21.2 Å². The standard InChI is InChI=1S/C14H8Cl2N2O2/c1-7-2-3-17-12(4-7)18-13(19)8-5-10(15)11(16)6-9(8)14(18)20/h2-6H,1H3. The van der Waals surface area contributed by atoms with E-state index >= 15 is 0 Å². The predicted molar refractivity (Wildman–Crippen MR) is 76.6 cm³/mol. The number of benzene rings is 1. The van der Waals surface area contributed by atoms with E-state index in [4.69, 9.17) is 23.2 Å². The number of hydrogen-bond acceptors (Lipinski definition) is 3. The molecule has 0 atom stereocenters. The molecule has 1 aromatic carbocycles. The second-order valence-electron chi connectivity index (χ2n) is 4.45. The van der Waals surface area contributed by atoms with E-state index in [0.717, 1.165) is 10.5 Å². The Morgan fingerprint density at radius 3 is 2.05 bits per heavy atom. The topological polar surface area (TPSA) is 50.3 Å². The van der Waals surface area contributed by atoms with Gasteiger partial charge in [-0.1, -0.05) is 23.2 Å². The molecule has 6 heteroatoms. The molecule has 0 aliphatic carbocycles. The van der Waals surface area contributed by atoms with Gasteiger partial charge >= 0.3 is 0 Å². The van der Waals surface area contributed by atoms with Crippen LogP contribution < -0.4 is 4.90 Å². The lowest BCUT2D eigenvalue weighted by Gasteiger charge is -2.12. The summed E-state index contributed by atoms with van der Waals surface area (Å²) in [5, 5.41) is 0.483. The number of amides is 2. The van der Waals surface area contributed by atoms with E-state index in [0.29, 0.717) is 5.82 Å². The molecule has 0 saturated carbocycles. The lowest BCUT2D eigenvalue weighted by Crippen LogP contribution is -2.30. The highest BCUT2D eigenvalue weighted by Crippen LogP contribution is 2.33. The maximum absolute atomic E-state index is 12.3. The minimum atomic E-state index is -0.443. The minimum Gasteiger partial charge on any atom is -0.268 e. The maximum Gasteiger partial charge on any atom is 0.267 e. The third kappa shape index (κ3) is 1.88. The molecule has 0 spiro atoms. The van der Waals surface area contributed by atoms with E-state index < -0.39 is 11.8 Å². The molecule has 2 aromatic rings. The van der Waals surface area contributed by atoms with Gasteiger partial charge in [0.05, 0.1) is 21.2 Å². The summed E-state index contributed by atoms with van der Waals surface area (Å²) in [4.78, 5) is 29.8. The summed E-state index contributed by atoms with van der Waals surface area (Å²) < 4.78 is 0. The average Bonchev–Trinajstić information content (AvgIpc) is 2.63. The molecule has 20 heavy (non-hydrogen) atoms. The first kappa shape index (κ1) is 13.1. The molecular formula is C14H8Cl2N2O2. The van der Waals surface area contributed by atoms with Crippen LogP contribution in [0, 0.1) is 6.92 Å². The quantitative estimate of drug-likeness (QED) is 0.758. The second kappa shape index (κ2) is 4.58. The summed E-state index contributed by atoms with van der Waals surface area (Å²) in [6.45, 7) is 1.86. The number of anilines is 1. The van der Waals surface area contributed by atoms with Crippen molar-refractivity contribution in [3.8, 4) is 0 Å². The first-order valence-electron chi connectivity index (χ1n) is 5.79. The number of carbonyl (C=O) groups excluding carboxylic acids is 2. The fourth-order valence-corrected chi connectivity index (χ4v) is 2.41. The summed E-state index contributed by atoms with van der Waals surface area (Å²) in [5.41, 5.74) is 1.39. The average molecular weight is 307 g/mol. The molecule has 0 saturated heterocycles. The van der Waals surface area contributed by atoms with Crippen molar-refractivity contribution in [2.24, 2.45) is 0 Å². The van der Waals surface area contributed by atoms with Gasteiger partial charge in [-0.25, -0.2) is 9.88 Å². The van der Waals surface area contributed by atoms with E-state index in [1.54, 1.807) is 18.3 Å². The Bertz CT molecular complexity index is 718. The van der Waals surface area contributed by atoms with Crippen molar-refractivity contribution in [1.29, 1.82) is 0 Å². The first-order chi connectivity index (χ1) is 9.49. The molecule has 2 heterocycles. The van der Waals surface area contributed by atoms with Crippen LogP contribution >= 0.6 is 23.2 Å². The van der Waals surface area contributed by atoms with Crippen molar-refractivity contribution >= 4 is 40.8 Å². The number of imide groups is 1. The van der Waals surface area contributed by atoms with Crippen molar-refractivity contribution in [3.05, 3.63) is 57.2 Å². The monoisotopic (exact) mass is 306 g/mol. The SMILES string of the molecule is Cc1ccnc(N2C(=O)c3cc(Cl)c(Cl)cc3C2=O)c1. The highest BCUT2D eigenvalue weighted by molar-refractivity contribution is 6.44. The normalized spacial score (nSPS) is 13.8. The van der Waals surface area contributed by atoms with Crippen molar-refractivity contribution in [2.45, 2.75) is 6.92 Å². The van der Waals surface area contributed by atoms with Crippen LogP contribution in [0.2, 0.25) is 10.0 Å². The van der Waals surface area contributed by atoms with Crippen LogP contribution in [0.5, 0.6) is 0 Å². The lowest BCUT2D eigenvalue weighted by molar-refractivity contribution is 0.0925. The molecule has 1 aromatic heterocycles. The van der Waals surface area contributed by atoms with Crippen molar-refractivity contribution in [2.75, 3.05) is 4.90 Å². The van der Waals surface area contributed by atoms with Gasteiger partial charge in [0.1, 0.15) is 5.82 Å². The van der Waals surface area contributed by atoms with Gasteiger partial charge in [0.2, 0.25) is 0 Å². The van der Waals surface area contributed by atoms with Gasteiger partial charge in [-0.2, -0.15) is 0 Å². The lowest BCUT2D eigenvalue weighted by atomic mass is 10.1. The van der Waals surface area contributed by atoms with Crippen LogP contribution in [-0.2, 0) is 0 Å². The van der Waals surface area contributed by atoms with Gasteiger partial charge in [-0.05, 0) is 36.8 Å². The smallest absolute Gasteiger partial charge is 0.267 e. The third-order valence-corrected chi connectivity index (χ3v) is 3.78. The summed E-state index contributed by atoms with van der Waals surface area (Å²) in [5.74, 6) is -0.591. The summed E-state index contributed by atoms with van der Waals surface area (Å²) in [7, 11) is 0. The van der Waals surface area contributed by atoms with Gasteiger partial charge in [-0.3, -0.25) is 9.59 Å². The molecule has 100 valence electrons. The van der Waals surface area contributed by atoms with Crippen LogP contribution in [0.15, 0.2) is 30.5 Å². The molecular weight excluding hydrogens is 299 g/mol. The molecule has 1 aliphatic heterocycles. The Morgan fingerprint density at radius 1 is 1.00 bits per heavy atom. The van der Waals surface area contributed by atoms with Crippen molar-refractivity contribution in [3.63, 3.8) is 0 Å². The third-order valence-electron chi connectivity index (χ3n) is 3.06. The minimum absolute atomic E-state index is 0.241. The van der Waals surface area contributed by atoms with Gasteiger partial charge in [0.15, 0.2) is 0 Å². The van der Waals surface area contributed by atoms with Gasteiger partial charge in [0, 0.05) is 6.20 Å². The maximum atomic E-state index is 12.3. The van der Waals surface area contributed by atoms with Gasteiger partial charge in [-0.15, -0.1) is 0 Å². The molecule has 0 unspecified atom stereocenters. The number of fused-ring (bicyclic) bond motifs is 1. The van der Waals surface area contributed by atoms with Gasteiger partial charge < -0.3 is 0 Å². The number of carbonyl (C=O) groups is 2. The van der Waals surface area contributed by atoms with E-state index in [1.165, 1.54) is 12.1 Å². The van der Waals surface area contributed by atoms with Crippen molar-refractivity contribution < 1.29 is 9.59 Å². The van der Waals surface area contributed by atoms with Crippen LogP contribution in [0.25, 0.3) is 0 Å². The highest BCUT2D eigenvalue weighted by Gasteiger charge is 2.38. The Kier molecular flexibility index (Phi) is 3.00. The van der Waals surface area contributed by atoms with Crippen LogP contribution in [0.4, 0.5) is 5.82 Å². The van der Waals surface area contributed by atoms with Crippen LogP contribution in [0.1, 0.15) is 26.3 Å². The zero-order chi connectivity index (χ0) is 14.4. The molecule has 0 bridgehead atoms. The van der Waals surface area contributed by atoms with E-state index in [9.17, 15) is 9.59 Å². The Morgan fingerprint density at radius 2 is 1.55 bits per heavy atom. The molecule has 0 radical (unpaired) electrons. The summed E-state index contributed by atoms with van der Waals surface area (Å²) in [6, 6.07) is 6.28. The van der Waals surface area contributed by atoms with Crippen LogP contribution in [0.3, 0.4) is 0 Å². The second-order valence-corrected chi connectivity index (χ2v) is 5.26. The fourth-order valence-electron chi connectivity index (χ4n) is 2.08. The summed E-state index contributed by atoms with van der Waals surface area (Å²) in [6.07, 6.45) is 1.55. The zero-order valence-corrected chi connectivity index (χ0v) is 11.9. The molecule has 3 rings (SSSR count). The number of hydrogen-bond donors (Lipinski definition) is 0. The number of rotatable bonds is 1. The largest absolute Gasteiger partial charge is 0.268 e. The first-order valence-corrected chi connectivity index (χ1v) is 6.55. The van der Waals surface area contributed by atoms with Crippen molar-refractivity contribution in [1.82, 2.24) is 4.98 Å². The van der Waals surface area contributed by atoms with E-state index in [1.807, 2.05) is 6.92 Å². The molecule has 1 aliphatic rings. The Labute approximate surface area is 124 Å². The predicted octanol–water partition coefficient (Wildman–Crippen LogP) is 3.50. The van der Waals surface area contributed by atoms with Crippen LogP contribution in [-0.4, -0.2) is 16.8 Å². The highest BCUT2D eigenvalue weighted by atomic mass is 35.5. The zero-order valence-electron chi connectivity index (χ0n) is 10.4. The number of aromatic nitrogens is 1. The summed E-state index contributed by atoms with van der Waals surface area (Å²) >= 11 is 11.8. The Balaban J connectivity index is 2.14. The number of halogens is 2. The molecule has 4 nitrogen and oxygen atoms in total. The fraction of sp³-hybridized carbons (Fsp3) is 0.0714. The molecule has 2 amide bonds. The number of pyridine rings is 1. The van der Waals surface area contributed by atoms with E-state index in [2.05, 4.69) is 4.98 Å². The number of nitrogens with zero attached hydrogens (tertiary/aromatic N) is 2. The number of aryl methyl sites for hydroxylation is 1. The molecule has 0 fully saturated rings. The molecule has 0 N–H and O–H groups in total. The Hall–Kier alpha value is -1.91. The van der Waals surface area contributed by atoms with Gasteiger partial charge in [0.25, 0.3) is 11.8 Å².